The van der Waals surface area contributed by atoms with Crippen molar-refractivity contribution in [2.24, 2.45) is 0 Å². The first-order chi connectivity index (χ1) is 15.7. The van der Waals surface area contributed by atoms with Crippen LogP contribution in [0.2, 0.25) is 0 Å². The highest BCUT2D eigenvalue weighted by Gasteiger charge is 2.20. The maximum atomic E-state index is 14.5. The Kier molecular flexibility index (Phi) is 5.47. The van der Waals surface area contributed by atoms with Gasteiger partial charge in [-0.25, -0.2) is 4.39 Å². The van der Waals surface area contributed by atoms with Crippen LogP contribution in [0.5, 0.6) is 11.5 Å². The number of para-hydroxylation sites is 1. The quantitative estimate of drug-likeness (QED) is 0.437. The van der Waals surface area contributed by atoms with Gasteiger partial charge in [0.25, 0.3) is 0 Å². The molecule has 9 heteroatoms. The lowest BCUT2D eigenvalue weighted by Crippen LogP contribution is -2.14. The van der Waals surface area contributed by atoms with Gasteiger partial charge in [0.05, 0.1) is 11.3 Å². The van der Waals surface area contributed by atoms with E-state index in [0.29, 0.717) is 33.7 Å². The smallest absolute Gasteiger partial charge is 0.234 e. The lowest BCUT2D eigenvalue weighted by molar-refractivity contribution is -0.113. The Morgan fingerprint density at radius 2 is 1.78 bits per heavy atom. The number of thioether (sulfide) groups is 1. The fourth-order valence-corrected chi connectivity index (χ4v) is 4.04. The summed E-state index contributed by atoms with van der Waals surface area (Å²) in [5.74, 6) is 1.09. The second-order valence-corrected chi connectivity index (χ2v) is 7.80. The van der Waals surface area contributed by atoms with Gasteiger partial charge in [0.2, 0.25) is 12.7 Å². The van der Waals surface area contributed by atoms with Gasteiger partial charge in [0, 0.05) is 17.4 Å². The predicted molar refractivity (Wildman–Crippen MR) is 119 cm³/mol. The Balaban J connectivity index is 1.38. The zero-order valence-electron chi connectivity index (χ0n) is 16.7. The number of ether oxygens (including phenoxy) is 2. The van der Waals surface area contributed by atoms with Crippen LogP contribution in [0.15, 0.2) is 78.0 Å². The summed E-state index contributed by atoms with van der Waals surface area (Å²) in [5.41, 5.74) is 1.71. The molecule has 0 unspecified atom stereocenters. The van der Waals surface area contributed by atoms with Gasteiger partial charge >= 0.3 is 0 Å². The fraction of sp³-hybridized carbons (Fsp3) is 0.0870. The Labute approximate surface area is 187 Å². The minimum Gasteiger partial charge on any atom is -0.454 e. The highest BCUT2D eigenvalue weighted by Crippen LogP contribution is 2.34. The second-order valence-electron chi connectivity index (χ2n) is 6.86. The van der Waals surface area contributed by atoms with E-state index in [1.807, 2.05) is 30.3 Å². The summed E-state index contributed by atoms with van der Waals surface area (Å²) in [5, 5.41) is 11.8. The zero-order chi connectivity index (χ0) is 21.9. The number of carbonyl (C=O) groups excluding carboxylic acids is 1. The van der Waals surface area contributed by atoms with Gasteiger partial charge in [0.15, 0.2) is 22.5 Å². The van der Waals surface area contributed by atoms with E-state index in [2.05, 4.69) is 15.5 Å². The van der Waals surface area contributed by atoms with Crippen LogP contribution in [0, 0.1) is 5.82 Å². The molecule has 0 saturated heterocycles. The molecule has 1 aliphatic heterocycles. The van der Waals surface area contributed by atoms with Crippen molar-refractivity contribution in [3.63, 3.8) is 0 Å². The third-order valence-electron chi connectivity index (χ3n) is 4.75. The molecule has 32 heavy (non-hydrogen) atoms. The first-order valence-electron chi connectivity index (χ1n) is 9.77. The molecular formula is C23H17FN4O3S. The number of hydrogen-bond acceptors (Lipinski definition) is 6. The minimum atomic E-state index is -0.394. The first-order valence-corrected chi connectivity index (χ1v) is 10.8. The van der Waals surface area contributed by atoms with Gasteiger partial charge in [-0.3, -0.25) is 9.36 Å². The largest absolute Gasteiger partial charge is 0.454 e. The highest BCUT2D eigenvalue weighted by atomic mass is 32.2. The van der Waals surface area contributed by atoms with E-state index in [1.54, 1.807) is 41.0 Å². The van der Waals surface area contributed by atoms with Crippen molar-refractivity contribution in [1.82, 2.24) is 14.8 Å². The van der Waals surface area contributed by atoms with Crippen molar-refractivity contribution < 1.29 is 18.7 Å². The number of halogens is 1. The van der Waals surface area contributed by atoms with E-state index >= 15 is 0 Å². The Morgan fingerprint density at radius 1 is 1.00 bits per heavy atom. The summed E-state index contributed by atoms with van der Waals surface area (Å²) in [6.45, 7) is 0.169. The summed E-state index contributed by atoms with van der Waals surface area (Å²) in [6, 6.07) is 21.0. The monoisotopic (exact) mass is 448 g/mol. The molecule has 7 nitrogen and oxygen atoms in total. The van der Waals surface area contributed by atoms with Gasteiger partial charge in [-0.15, -0.1) is 10.2 Å². The topological polar surface area (TPSA) is 78.3 Å². The number of benzene rings is 3. The first kappa shape index (κ1) is 20.1. The number of amides is 1. The lowest BCUT2D eigenvalue weighted by Gasteiger charge is -2.11. The predicted octanol–water partition coefficient (Wildman–Crippen LogP) is 4.53. The molecule has 1 aromatic heterocycles. The van der Waals surface area contributed by atoms with E-state index in [0.717, 1.165) is 5.69 Å². The van der Waals surface area contributed by atoms with Crippen LogP contribution >= 0.6 is 11.8 Å². The van der Waals surface area contributed by atoms with Gasteiger partial charge in [-0.05, 0) is 36.4 Å². The molecular weight excluding hydrogens is 431 g/mol. The molecule has 160 valence electrons. The average molecular weight is 448 g/mol. The summed E-state index contributed by atoms with van der Waals surface area (Å²) < 4.78 is 26.8. The Bertz CT molecular complexity index is 1280. The van der Waals surface area contributed by atoms with E-state index in [1.165, 1.54) is 17.8 Å². The lowest BCUT2D eigenvalue weighted by atomic mass is 10.2. The van der Waals surface area contributed by atoms with Gasteiger partial charge in [-0.1, -0.05) is 42.1 Å². The summed E-state index contributed by atoms with van der Waals surface area (Å²) in [7, 11) is 0. The van der Waals surface area contributed by atoms with Crippen molar-refractivity contribution in [3.8, 4) is 28.6 Å². The molecule has 0 bridgehead atoms. The number of nitrogens with one attached hydrogen (secondary N) is 1. The summed E-state index contributed by atoms with van der Waals surface area (Å²) in [4.78, 5) is 12.5. The molecule has 5 rings (SSSR count). The van der Waals surface area contributed by atoms with Crippen LogP contribution in [0.4, 0.5) is 10.1 Å². The SMILES string of the molecule is O=C(CSc1nnc(-c2ccccc2F)n1-c1ccccc1)Nc1ccc2c(c1)OCO2. The second kappa shape index (κ2) is 8.72. The number of fused-ring (bicyclic) bond motifs is 1. The Hall–Kier alpha value is -3.85. The van der Waals surface area contributed by atoms with E-state index in [-0.39, 0.29) is 18.5 Å². The van der Waals surface area contributed by atoms with Crippen LogP contribution in [-0.2, 0) is 4.79 Å². The molecule has 0 radical (unpaired) electrons. The van der Waals surface area contributed by atoms with Gasteiger partial charge in [0.1, 0.15) is 5.82 Å². The molecule has 0 spiro atoms. The fourth-order valence-electron chi connectivity index (χ4n) is 3.29. The standard InChI is InChI=1S/C23H17FN4O3S/c24-18-9-5-4-8-17(18)22-26-27-23(28(22)16-6-2-1-3-7-16)32-13-21(29)25-15-10-11-19-20(12-15)31-14-30-19/h1-12H,13-14H2,(H,25,29). The van der Waals surface area contributed by atoms with Crippen molar-refractivity contribution >= 4 is 23.4 Å². The van der Waals surface area contributed by atoms with E-state index in [9.17, 15) is 9.18 Å². The van der Waals surface area contributed by atoms with Gasteiger partial charge in [-0.2, -0.15) is 0 Å². The maximum Gasteiger partial charge on any atom is 0.234 e. The van der Waals surface area contributed by atoms with Crippen LogP contribution in [0.1, 0.15) is 0 Å². The zero-order valence-corrected chi connectivity index (χ0v) is 17.5. The van der Waals surface area contributed by atoms with Crippen molar-refractivity contribution in [3.05, 3.63) is 78.6 Å². The van der Waals surface area contributed by atoms with E-state index in [4.69, 9.17) is 9.47 Å². The number of rotatable bonds is 6. The molecule has 0 aliphatic carbocycles. The molecule has 1 aliphatic rings. The Morgan fingerprint density at radius 3 is 2.62 bits per heavy atom. The molecule has 3 aromatic carbocycles. The third-order valence-corrected chi connectivity index (χ3v) is 5.68. The van der Waals surface area contributed by atoms with Crippen molar-refractivity contribution in [2.45, 2.75) is 5.16 Å². The van der Waals surface area contributed by atoms with Crippen LogP contribution in [-0.4, -0.2) is 33.2 Å². The van der Waals surface area contributed by atoms with Crippen molar-refractivity contribution in [2.75, 3.05) is 17.9 Å². The average Bonchev–Trinajstić information content (AvgIpc) is 3.45. The maximum absolute atomic E-state index is 14.5. The molecule has 1 amide bonds. The number of nitrogens with zero attached hydrogens (tertiary/aromatic N) is 3. The number of hydrogen-bond donors (Lipinski definition) is 1. The summed E-state index contributed by atoms with van der Waals surface area (Å²) in [6.07, 6.45) is 0. The molecule has 1 N–H and O–H groups in total. The van der Waals surface area contributed by atoms with Crippen LogP contribution in [0.3, 0.4) is 0 Å². The van der Waals surface area contributed by atoms with E-state index < -0.39 is 5.82 Å². The normalized spacial score (nSPS) is 12.0. The van der Waals surface area contributed by atoms with Crippen molar-refractivity contribution in [1.29, 1.82) is 0 Å². The molecule has 0 atom stereocenters. The van der Waals surface area contributed by atoms with Gasteiger partial charge < -0.3 is 14.8 Å². The summed E-state index contributed by atoms with van der Waals surface area (Å²) >= 11 is 1.21. The number of anilines is 1. The molecule has 0 fully saturated rings. The molecule has 2 heterocycles. The number of aromatic nitrogens is 3. The highest BCUT2D eigenvalue weighted by molar-refractivity contribution is 7.99. The van der Waals surface area contributed by atoms with Crippen LogP contribution in [0.25, 0.3) is 17.1 Å². The third kappa shape index (κ3) is 4.02. The number of carbonyl (C=O) groups is 1. The molecule has 4 aromatic rings. The van der Waals surface area contributed by atoms with Crippen LogP contribution < -0.4 is 14.8 Å². The molecule has 0 saturated carbocycles. The minimum absolute atomic E-state index is 0.0939.